The molecule has 2 N–H and O–H groups in total. The number of thiocarbonyl (C=S) groups is 1. The van der Waals surface area contributed by atoms with E-state index in [1.54, 1.807) is 11.8 Å². The van der Waals surface area contributed by atoms with Crippen molar-refractivity contribution in [1.82, 2.24) is 4.90 Å². The molecule has 2 nitrogen and oxygen atoms in total. The third kappa shape index (κ3) is 4.79. The largest absolute Gasteiger partial charge is 0.392 e. The van der Waals surface area contributed by atoms with E-state index in [1.165, 1.54) is 23.3 Å². The molecule has 106 valence electrons. The molecule has 1 aromatic rings. The van der Waals surface area contributed by atoms with Gasteiger partial charge in [-0.1, -0.05) is 44.6 Å². The van der Waals surface area contributed by atoms with E-state index in [9.17, 15) is 0 Å². The Morgan fingerprint density at radius 2 is 1.95 bits per heavy atom. The van der Waals surface area contributed by atoms with Gasteiger partial charge in [0.15, 0.2) is 0 Å². The van der Waals surface area contributed by atoms with Crippen LogP contribution in [0.5, 0.6) is 0 Å². The normalized spacial score (nSPS) is 12.6. The highest BCUT2D eigenvalue weighted by atomic mass is 32.2. The third-order valence-electron chi connectivity index (χ3n) is 3.27. The lowest BCUT2D eigenvalue weighted by Gasteiger charge is -2.30. The number of rotatable bonds is 8. The molecular weight excluding hydrogens is 272 g/mol. The Kier molecular flexibility index (Phi) is 7.42. The van der Waals surface area contributed by atoms with E-state index in [0.717, 1.165) is 13.1 Å². The van der Waals surface area contributed by atoms with Crippen LogP contribution in [0, 0.1) is 0 Å². The predicted octanol–water partition coefficient (Wildman–Crippen LogP) is 3.86. The first-order chi connectivity index (χ1) is 9.13. The molecule has 0 saturated heterocycles. The Morgan fingerprint density at radius 3 is 2.37 bits per heavy atom. The summed E-state index contributed by atoms with van der Waals surface area (Å²) in [7, 11) is 0. The summed E-state index contributed by atoms with van der Waals surface area (Å²) in [6, 6.07) is 8.62. The van der Waals surface area contributed by atoms with Crippen molar-refractivity contribution in [2.75, 3.05) is 19.3 Å². The maximum absolute atomic E-state index is 5.97. The molecule has 0 radical (unpaired) electrons. The van der Waals surface area contributed by atoms with E-state index in [-0.39, 0.29) is 6.04 Å². The quantitative estimate of drug-likeness (QED) is 0.583. The Hall–Kier alpha value is -0.580. The molecule has 1 atom stereocenters. The predicted molar refractivity (Wildman–Crippen MR) is 89.9 cm³/mol. The van der Waals surface area contributed by atoms with Gasteiger partial charge in [0, 0.05) is 4.90 Å². The highest BCUT2D eigenvalue weighted by Crippen LogP contribution is 2.24. The van der Waals surface area contributed by atoms with Crippen molar-refractivity contribution in [3.8, 4) is 0 Å². The van der Waals surface area contributed by atoms with Crippen molar-refractivity contribution in [2.45, 2.75) is 37.6 Å². The standard InChI is InChI=1S/C15H24N2S2/c1-4-6-11-17(5-2)14(15(16)18)12-7-9-13(19-3)10-8-12/h7-10,14H,4-6,11H2,1-3H3,(H2,16,18). The molecule has 0 bridgehead atoms. The molecule has 0 aromatic heterocycles. The summed E-state index contributed by atoms with van der Waals surface area (Å²) >= 11 is 7.03. The minimum atomic E-state index is 0.0578. The molecule has 0 amide bonds. The lowest BCUT2D eigenvalue weighted by molar-refractivity contribution is 0.253. The van der Waals surface area contributed by atoms with Crippen molar-refractivity contribution in [1.29, 1.82) is 0 Å². The maximum Gasteiger partial charge on any atom is 0.0948 e. The fourth-order valence-corrected chi connectivity index (χ4v) is 2.87. The molecule has 1 aromatic carbocycles. The first-order valence-corrected chi connectivity index (χ1v) is 8.44. The molecule has 0 aliphatic rings. The van der Waals surface area contributed by atoms with Gasteiger partial charge < -0.3 is 5.73 Å². The van der Waals surface area contributed by atoms with Crippen molar-refractivity contribution in [3.63, 3.8) is 0 Å². The molecule has 1 unspecified atom stereocenters. The topological polar surface area (TPSA) is 29.3 Å². The molecule has 0 saturated carbocycles. The third-order valence-corrected chi connectivity index (χ3v) is 4.24. The van der Waals surface area contributed by atoms with Crippen LogP contribution in [0.15, 0.2) is 29.2 Å². The lowest BCUT2D eigenvalue weighted by Crippen LogP contribution is -2.37. The van der Waals surface area contributed by atoms with E-state index >= 15 is 0 Å². The minimum absolute atomic E-state index is 0.0578. The monoisotopic (exact) mass is 296 g/mol. The number of hydrogen-bond donors (Lipinski definition) is 1. The zero-order chi connectivity index (χ0) is 14.3. The summed E-state index contributed by atoms with van der Waals surface area (Å²) in [5, 5.41) is 0. The molecule has 0 heterocycles. The van der Waals surface area contributed by atoms with Gasteiger partial charge in [0.2, 0.25) is 0 Å². The van der Waals surface area contributed by atoms with Crippen LogP contribution in [0.25, 0.3) is 0 Å². The summed E-state index contributed by atoms with van der Waals surface area (Å²) < 4.78 is 0. The second-order valence-electron chi connectivity index (χ2n) is 4.56. The van der Waals surface area contributed by atoms with Gasteiger partial charge in [0.1, 0.15) is 0 Å². The zero-order valence-electron chi connectivity index (χ0n) is 12.1. The zero-order valence-corrected chi connectivity index (χ0v) is 13.7. The van der Waals surface area contributed by atoms with Gasteiger partial charge in [-0.05, 0) is 43.5 Å². The van der Waals surface area contributed by atoms with Crippen LogP contribution in [0.1, 0.15) is 38.3 Å². The maximum atomic E-state index is 5.97. The fourth-order valence-electron chi connectivity index (χ4n) is 2.17. The smallest absolute Gasteiger partial charge is 0.0948 e. The van der Waals surface area contributed by atoms with Gasteiger partial charge in [-0.2, -0.15) is 0 Å². The summed E-state index contributed by atoms with van der Waals surface area (Å²) in [5.74, 6) is 0. The highest BCUT2D eigenvalue weighted by molar-refractivity contribution is 7.98. The van der Waals surface area contributed by atoms with Gasteiger partial charge >= 0.3 is 0 Å². The Bertz CT molecular complexity index is 390. The van der Waals surface area contributed by atoms with Gasteiger partial charge in [-0.15, -0.1) is 11.8 Å². The van der Waals surface area contributed by atoms with Gasteiger partial charge in [-0.25, -0.2) is 0 Å². The van der Waals surface area contributed by atoms with Crippen LogP contribution in [0.3, 0.4) is 0 Å². The van der Waals surface area contributed by atoms with Crippen LogP contribution >= 0.6 is 24.0 Å². The molecular formula is C15H24N2S2. The summed E-state index contributed by atoms with van der Waals surface area (Å²) in [5.41, 5.74) is 7.17. The number of benzene rings is 1. The van der Waals surface area contributed by atoms with Crippen LogP contribution in [0.4, 0.5) is 0 Å². The molecule has 0 aliphatic carbocycles. The average molecular weight is 297 g/mol. The number of hydrogen-bond acceptors (Lipinski definition) is 3. The lowest BCUT2D eigenvalue weighted by atomic mass is 10.0. The summed E-state index contributed by atoms with van der Waals surface area (Å²) in [6.45, 7) is 6.37. The number of unbranched alkanes of at least 4 members (excludes halogenated alkanes) is 1. The van der Waals surface area contributed by atoms with E-state index in [1.807, 2.05) is 0 Å². The van der Waals surface area contributed by atoms with Gasteiger partial charge in [-0.3, -0.25) is 4.90 Å². The Labute approximate surface area is 126 Å². The van der Waals surface area contributed by atoms with Crippen molar-refractivity contribution in [3.05, 3.63) is 29.8 Å². The molecule has 0 fully saturated rings. The minimum Gasteiger partial charge on any atom is -0.392 e. The second kappa shape index (κ2) is 8.56. The van der Waals surface area contributed by atoms with E-state index in [2.05, 4.69) is 49.3 Å². The number of nitrogens with zero attached hydrogens (tertiary/aromatic N) is 1. The second-order valence-corrected chi connectivity index (χ2v) is 5.91. The van der Waals surface area contributed by atoms with Crippen LogP contribution < -0.4 is 5.73 Å². The van der Waals surface area contributed by atoms with Crippen molar-refractivity contribution < 1.29 is 0 Å². The van der Waals surface area contributed by atoms with E-state index < -0.39 is 0 Å². The van der Waals surface area contributed by atoms with Crippen LogP contribution in [-0.4, -0.2) is 29.2 Å². The molecule has 19 heavy (non-hydrogen) atoms. The van der Waals surface area contributed by atoms with E-state index in [4.69, 9.17) is 18.0 Å². The van der Waals surface area contributed by atoms with Crippen LogP contribution in [-0.2, 0) is 0 Å². The van der Waals surface area contributed by atoms with Crippen molar-refractivity contribution in [2.24, 2.45) is 5.73 Å². The number of nitrogens with two attached hydrogens (primary N) is 1. The Balaban J connectivity index is 2.93. The highest BCUT2D eigenvalue weighted by Gasteiger charge is 2.21. The molecule has 1 rings (SSSR count). The fraction of sp³-hybridized carbons (Fsp3) is 0.533. The number of thioether (sulfide) groups is 1. The summed E-state index contributed by atoms with van der Waals surface area (Å²) in [6.07, 6.45) is 4.45. The first-order valence-electron chi connectivity index (χ1n) is 6.81. The molecule has 0 aliphatic heterocycles. The molecule has 4 heteroatoms. The van der Waals surface area contributed by atoms with Gasteiger partial charge in [0.25, 0.3) is 0 Å². The summed E-state index contributed by atoms with van der Waals surface area (Å²) in [4.78, 5) is 4.19. The van der Waals surface area contributed by atoms with Crippen LogP contribution in [0.2, 0.25) is 0 Å². The van der Waals surface area contributed by atoms with Crippen molar-refractivity contribution >= 4 is 29.0 Å². The average Bonchev–Trinajstić information content (AvgIpc) is 2.43. The van der Waals surface area contributed by atoms with Gasteiger partial charge in [0.05, 0.1) is 11.0 Å². The number of likely N-dealkylation sites (N-methyl/N-ethyl adjacent to an activating group) is 1. The van der Waals surface area contributed by atoms with E-state index in [0.29, 0.717) is 4.99 Å². The SMILES string of the molecule is CCCCN(CC)C(C(N)=S)c1ccc(SC)cc1. The molecule has 0 spiro atoms. The Morgan fingerprint density at radius 1 is 1.32 bits per heavy atom. The first kappa shape index (κ1) is 16.5.